The van der Waals surface area contributed by atoms with Crippen LogP contribution < -0.4 is 26.0 Å². The Morgan fingerprint density at radius 3 is 2.53 bits per heavy atom. The molecule has 2 atom stereocenters. The van der Waals surface area contributed by atoms with Crippen LogP contribution in [0.3, 0.4) is 0 Å². The standard InChI is InChI=1S/C25H38FN7O/c1-4-20(21-6-5-13-27-21)30-25-32-23(28-15-17-9-7-16(2)8-10-17)31-24(33-25)29-18-11-12-22(34-3)19(26)14-18/h11-12,14,16-17,20-21,27H,4-10,13,15H2,1-3H3,(H3,28,29,30,31,32,33). The summed E-state index contributed by atoms with van der Waals surface area (Å²) in [6, 6.07) is 5.33. The maximum absolute atomic E-state index is 14.2. The predicted octanol–water partition coefficient (Wildman–Crippen LogP) is 4.94. The average Bonchev–Trinajstić information content (AvgIpc) is 3.37. The van der Waals surface area contributed by atoms with E-state index in [1.54, 1.807) is 12.1 Å². The molecule has 4 rings (SSSR count). The Bertz CT molecular complexity index is 929. The summed E-state index contributed by atoms with van der Waals surface area (Å²) >= 11 is 0. The van der Waals surface area contributed by atoms with E-state index in [1.807, 2.05) is 0 Å². The van der Waals surface area contributed by atoms with Gasteiger partial charge in [0, 0.05) is 30.4 Å². The summed E-state index contributed by atoms with van der Waals surface area (Å²) in [7, 11) is 1.45. The summed E-state index contributed by atoms with van der Waals surface area (Å²) in [5.74, 6) is 2.62. The highest BCUT2D eigenvalue weighted by Gasteiger charge is 2.24. The van der Waals surface area contributed by atoms with E-state index in [0.717, 1.165) is 31.8 Å². The monoisotopic (exact) mass is 471 g/mol. The van der Waals surface area contributed by atoms with Gasteiger partial charge in [0.05, 0.1) is 7.11 Å². The number of ether oxygens (including phenoxy) is 1. The predicted molar refractivity (Wildman–Crippen MR) is 134 cm³/mol. The van der Waals surface area contributed by atoms with Gasteiger partial charge in [0.1, 0.15) is 0 Å². The smallest absolute Gasteiger partial charge is 0.233 e. The summed E-state index contributed by atoms with van der Waals surface area (Å²) in [5.41, 5.74) is 0.548. The Balaban J connectivity index is 1.51. The molecule has 0 bridgehead atoms. The molecule has 1 aliphatic heterocycles. The van der Waals surface area contributed by atoms with Crippen LogP contribution in [0.25, 0.3) is 0 Å². The molecule has 1 saturated carbocycles. The summed E-state index contributed by atoms with van der Waals surface area (Å²) in [6.45, 7) is 6.38. The minimum Gasteiger partial charge on any atom is -0.494 e. The Morgan fingerprint density at radius 2 is 1.85 bits per heavy atom. The second-order valence-electron chi connectivity index (χ2n) is 9.65. The molecular weight excluding hydrogens is 433 g/mol. The quantitative estimate of drug-likeness (QED) is 0.387. The van der Waals surface area contributed by atoms with Crippen molar-refractivity contribution in [1.29, 1.82) is 0 Å². The van der Waals surface area contributed by atoms with E-state index in [4.69, 9.17) is 4.74 Å². The summed E-state index contributed by atoms with van der Waals surface area (Å²) in [5, 5.41) is 13.6. The molecule has 2 unspecified atom stereocenters. The lowest BCUT2D eigenvalue weighted by Gasteiger charge is -2.26. The van der Waals surface area contributed by atoms with Crippen LogP contribution in [0.5, 0.6) is 5.75 Å². The minimum absolute atomic E-state index is 0.197. The Labute approximate surface area is 201 Å². The third-order valence-corrected chi connectivity index (χ3v) is 7.07. The molecule has 0 amide bonds. The number of hydrogen-bond donors (Lipinski definition) is 4. The molecule has 0 radical (unpaired) electrons. The zero-order valence-electron chi connectivity index (χ0n) is 20.5. The van der Waals surface area contributed by atoms with E-state index < -0.39 is 5.82 Å². The Morgan fingerprint density at radius 1 is 1.09 bits per heavy atom. The number of anilines is 4. The van der Waals surface area contributed by atoms with Crippen LogP contribution >= 0.6 is 0 Å². The van der Waals surface area contributed by atoms with Gasteiger partial charge in [-0.25, -0.2) is 4.39 Å². The lowest BCUT2D eigenvalue weighted by Crippen LogP contribution is -2.40. The Kier molecular flexibility index (Phi) is 8.37. The van der Waals surface area contributed by atoms with Crippen molar-refractivity contribution in [2.24, 2.45) is 11.8 Å². The van der Waals surface area contributed by atoms with E-state index in [0.29, 0.717) is 35.5 Å². The zero-order chi connectivity index (χ0) is 23.9. The molecule has 2 heterocycles. The molecular formula is C25H38FN7O. The highest BCUT2D eigenvalue weighted by Crippen LogP contribution is 2.29. The van der Waals surface area contributed by atoms with Gasteiger partial charge in [-0.05, 0) is 62.6 Å². The first-order chi connectivity index (χ1) is 16.5. The van der Waals surface area contributed by atoms with Crippen molar-refractivity contribution in [2.45, 2.75) is 70.9 Å². The normalized spacial score (nSPS) is 23.4. The maximum Gasteiger partial charge on any atom is 0.233 e. The number of rotatable bonds is 10. The average molecular weight is 472 g/mol. The molecule has 186 valence electrons. The van der Waals surface area contributed by atoms with Crippen LogP contribution in [0, 0.1) is 17.7 Å². The van der Waals surface area contributed by atoms with Crippen LogP contribution in [0.1, 0.15) is 58.8 Å². The van der Waals surface area contributed by atoms with Gasteiger partial charge in [-0.1, -0.05) is 26.7 Å². The van der Waals surface area contributed by atoms with E-state index in [-0.39, 0.29) is 11.8 Å². The van der Waals surface area contributed by atoms with Gasteiger partial charge in [0.2, 0.25) is 17.8 Å². The van der Waals surface area contributed by atoms with E-state index >= 15 is 0 Å². The van der Waals surface area contributed by atoms with Gasteiger partial charge in [0.25, 0.3) is 0 Å². The number of nitrogens with zero attached hydrogens (tertiary/aromatic N) is 3. The van der Waals surface area contributed by atoms with Gasteiger partial charge in [-0.3, -0.25) is 0 Å². The van der Waals surface area contributed by atoms with Crippen LogP contribution in [0.15, 0.2) is 18.2 Å². The molecule has 2 fully saturated rings. The molecule has 34 heavy (non-hydrogen) atoms. The number of halogens is 1. The third-order valence-electron chi connectivity index (χ3n) is 7.07. The Hall–Kier alpha value is -2.68. The van der Waals surface area contributed by atoms with Crippen molar-refractivity contribution < 1.29 is 9.13 Å². The van der Waals surface area contributed by atoms with Crippen LogP contribution in [-0.2, 0) is 0 Å². The first kappa shape index (κ1) is 24.4. The molecule has 1 saturated heterocycles. The van der Waals surface area contributed by atoms with Crippen molar-refractivity contribution in [3.63, 3.8) is 0 Å². The van der Waals surface area contributed by atoms with Crippen molar-refractivity contribution in [2.75, 3.05) is 36.1 Å². The van der Waals surface area contributed by atoms with Crippen LogP contribution in [0.4, 0.5) is 27.9 Å². The van der Waals surface area contributed by atoms with Crippen molar-refractivity contribution in [3.8, 4) is 5.75 Å². The fourth-order valence-electron chi connectivity index (χ4n) is 4.93. The van der Waals surface area contributed by atoms with Crippen molar-refractivity contribution >= 4 is 23.5 Å². The summed E-state index contributed by atoms with van der Waals surface area (Å²) < 4.78 is 19.2. The molecule has 0 spiro atoms. The number of nitrogens with one attached hydrogen (secondary N) is 4. The summed E-state index contributed by atoms with van der Waals surface area (Å²) in [4.78, 5) is 13.8. The largest absolute Gasteiger partial charge is 0.494 e. The second-order valence-corrected chi connectivity index (χ2v) is 9.65. The lowest BCUT2D eigenvalue weighted by atomic mass is 9.83. The fourth-order valence-corrected chi connectivity index (χ4v) is 4.93. The van der Waals surface area contributed by atoms with Gasteiger partial charge in [-0.15, -0.1) is 0 Å². The molecule has 2 aromatic rings. The van der Waals surface area contributed by atoms with E-state index in [2.05, 4.69) is 50.1 Å². The topological polar surface area (TPSA) is 96.0 Å². The molecule has 1 aliphatic carbocycles. The van der Waals surface area contributed by atoms with E-state index in [1.165, 1.54) is 45.3 Å². The SMILES string of the molecule is CCC(Nc1nc(NCC2CCC(C)CC2)nc(Nc2ccc(OC)c(F)c2)n1)C1CCCN1. The molecule has 8 nitrogen and oxygen atoms in total. The molecule has 2 aliphatic rings. The fraction of sp³-hybridized carbons (Fsp3) is 0.640. The number of aromatic nitrogens is 3. The van der Waals surface area contributed by atoms with Crippen LogP contribution in [0.2, 0.25) is 0 Å². The zero-order valence-corrected chi connectivity index (χ0v) is 20.5. The molecule has 4 N–H and O–H groups in total. The highest BCUT2D eigenvalue weighted by atomic mass is 19.1. The van der Waals surface area contributed by atoms with Gasteiger partial charge in [0.15, 0.2) is 11.6 Å². The van der Waals surface area contributed by atoms with Gasteiger partial charge in [-0.2, -0.15) is 15.0 Å². The number of methoxy groups -OCH3 is 1. The summed E-state index contributed by atoms with van der Waals surface area (Å²) in [6.07, 6.45) is 8.29. The maximum atomic E-state index is 14.2. The first-order valence-corrected chi connectivity index (χ1v) is 12.6. The second kappa shape index (κ2) is 11.6. The molecule has 1 aromatic carbocycles. The van der Waals surface area contributed by atoms with Crippen molar-refractivity contribution in [3.05, 3.63) is 24.0 Å². The van der Waals surface area contributed by atoms with E-state index in [9.17, 15) is 4.39 Å². The minimum atomic E-state index is -0.442. The van der Waals surface area contributed by atoms with Crippen LogP contribution in [-0.4, -0.2) is 47.2 Å². The number of benzene rings is 1. The number of hydrogen-bond acceptors (Lipinski definition) is 8. The molecule has 9 heteroatoms. The van der Waals surface area contributed by atoms with Gasteiger partial charge >= 0.3 is 0 Å². The lowest BCUT2D eigenvalue weighted by molar-refractivity contribution is 0.300. The molecule has 1 aromatic heterocycles. The van der Waals surface area contributed by atoms with Crippen molar-refractivity contribution in [1.82, 2.24) is 20.3 Å². The highest BCUT2D eigenvalue weighted by molar-refractivity contribution is 5.57. The van der Waals surface area contributed by atoms with Gasteiger partial charge < -0.3 is 26.0 Å². The third kappa shape index (κ3) is 6.46. The first-order valence-electron chi connectivity index (χ1n) is 12.6.